The molecule has 1 unspecified atom stereocenters. The van der Waals surface area contributed by atoms with Crippen molar-refractivity contribution in [3.05, 3.63) is 17.8 Å². The summed E-state index contributed by atoms with van der Waals surface area (Å²) in [6, 6.07) is 1.68. The van der Waals surface area contributed by atoms with Crippen molar-refractivity contribution in [1.82, 2.24) is 9.88 Å². The maximum atomic E-state index is 10.9. The minimum atomic E-state index is -1.03. The first-order valence-corrected chi connectivity index (χ1v) is 5.51. The first kappa shape index (κ1) is 11.7. The van der Waals surface area contributed by atoms with Crippen molar-refractivity contribution in [3.8, 4) is 0 Å². The summed E-state index contributed by atoms with van der Waals surface area (Å²) >= 11 is 0. The van der Waals surface area contributed by atoms with Crippen LogP contribution in [-0.2, 0) is 0 Å². The van der Waals surface area contributed by atoms with Crippen LogP contribution in [-0.4, -0.2) is 47.1 Å². The van der Waals surface area contributed by atoms with Crippen molar-refractivity contribution in [1.29, 1.82) is 0 Å². The number of nitrogens with one attached hydrogen (secondary N) is 1. The molecule has 1 fully saturated rings. The van der Waals surface area contributed by atoms with Gasteiger partial charge in [-0.2, -0.15) is 0 Å². The fourth-order valence-corrected chi connectivity index (χ4v) is 2.02. The van der Waals surface area contributed by atoms with E-state index in [0.29, 0.717) is 5.82 Å². The van der Waals surface area contributed by atoms with Crippen LogP contribution in [0.25, 0.3) is 0 Å². The Hall–Kier alpha value is -1.82. The maximum absolute atomic E-state index is 10.9. The zero-order valence-corrected chi connectivity index (χ0v) is 9.68. The molecule has 2 rings (SSSR count). The Labute approximate surface area is 99.4 Å². The van der Waals surface area contributed by atoms with Crippen molar-refractivity contribution in [3.63, 3.8) is 0 Å². The van der Waals surface area contributed by atoms with Crippen LogP contribution in [0.2, 0.25) is 0 Å². The number of carbonyl (C=O) groups is 1. The van der Waals surface area contributed by atoms with Crippen LogP contribution in [0.15, 0.2) is 12.3 Å². The van der Waals surface area contributed by atoms with E-state index in [1.807, 2.05) is 7.05 Å². The molecule has 1 aliphatic rings. The molecule has 0 spiro atoms. The molecule has 1 aromatic rings. The Kier molecular flexibility index (Phi) is 3.14. The van der Waals surface area contributed by atoms with Gasteiger partial charge in [-0.1, -0.05) is 0 Å². The van der Waals surface area contributed by atoms with Gasteiger partial charge in [-0.25, -0.2) is 9.78 Å². The van der Waals surface area contributed by atoms with Gasteiger partial charge in [0.1, 0.15) is 5.82 Å². The molecule has 2 heterocycles. The van der Waals surface area contributed by atoms with E-state index in [1.54, 1.807) is 0 Å². The van der Waals surface area contributed by atoms with Gasteiger partial charge in [0.25, 0.3) is 0 Å². The van der Waals surface area contributed by atoms with Crippen molar-refractivity contribution in [2.75, 3.05) is 31.2 Å². The third-order valence-corrected chi connectivity index (χ3v) is 2.95. The lowest BCUT2D eigenvalue weighted by molar-refractivity contribution is 0.0698. The largest absolute Gasteiger partial charge is 0.478 e. The Morgan fingerprint density at radius 2 is 2.47 bits per heavy atom. The molecule has 1 aromatic heterocycles. The molecule has 4 N–H and O–H groups in total. The number of nitrogens with zero attached hydrogens (tertiary/aromatic N) is 2. The summed E-state index contributed by atoms with van der Waals surface area (Å²) in [4.78, 5) is 17.2. The summed E-state index contributed by atoms with van der Waals surface area (Å²) in [6.07, 6.45) is 2.47. The highest BCUT2D eigenvalue weighted by Gasteiger charge is 2.21. The number of nitrogen functional groups attached to an aromatic ring is 1. The summed E-state index contributed by atoms with van der Waals surface area (Å²) in [5.41, 5.74) is 6.07. The smallest absolute Gasteiger partial charge is 0.337 e. The molecule has 0 radical (unpaired) electrons. The predicted octanol–water partition coefficient (Wildman–Crippen LogP) is 0.478. The number of nitrogens with two attached hydrogens (primary N) is 1. The number of likely N-dealkylation sites (tertiary alicyclic amines) is 1. The van der Waals surface area contributed by atoms with Crippen molar-refractivity contribution in [2.24, 2.45) is 0 Å². The highest BCUT2D eigenvalue weighted by Crippen LogP contribution is 2.22. The van der Waals surface area contributed by atoms with Crippen LogP contribution >= 0.6 is 0 Å². The second-order valence-corrected chi connectivity index (χ2v) is 4.32. The molecule has 0 aromatic carbocycles. The molecular weight excluding hydrogens is 220 g/mol. The van der Waals surface area contributed by atoms with Crippen LogP contribution in [0, 0.1) is 0 Å². The highest BCUT2D eigenvalue weighted by atomic mass is 16.4. The number of rotatable bonds is 3. The summed E-state index contributed by atoms with van der Waals surface area (Å²) in [7, 11) is 2.05. The van der Waals surface area contributed by atoms with Gasteiger partial charge >= 0.3 is 5.97 Å². The fourth-order valence-electron chi connectivity index (χ4n) is 2.02. The van der Waals surface area contributed by atoms with Crippen LogP contribution in [0.1, 0.15) is 16.8 Å². The van der Waals surface area contributed by atoms with Gasteiger partial charge < -0.3 is 21.1 Å². The molecule has 6 heteroatoms. The molecule has 0 bridgehead atoms. The lowest BCUT2D eigenvalue weighted by Gasteiger charge is -2.15. The zero-order valence-electron chi connectivity index (χ0n) is 9.68. The van der Waals surface area contributed by atoms with E-state index >= 15 is 0 Å². The number of anilines is 2. The van der Waals surface area contributed by atoms with Gasteiger partial charge in [-0.15, -0.1) is 0 Å². The second-order valence-electron chi connectivity index (χ2n) is 4.32. The quantitative estimate of drug-likeness (QED) is 0.707. The number of likely N-dealkylation sites (N-methyl/N-ethyl adjacent to an activating group) is 1. The summed E-state index contributed by atoms with van der Waals surface area (Å²) in [5.74, 6) is -0.568. The Morgan fingerprint density at radius 3 is 3.06 bits per heavy atom. The van der Waals surface area contributed by atoms with Crippen molar-refractivity contribution >= 4 is 17.5 Å². The Bertz CT molecular complexity index is 435. The standard InChI is InChI=1S/C11H16N4O2/c1-15-5-3-7(6-15)14-10-9(12)8(11(16)17)2-4-13-10/h2,4,7H,3,5-6,12H2,1H3,(H,13,14)(H,16,17). The molecule has 1 atom stereocenters. The molecule has 6 nitrogen and oxygen atoms in total. The molecule has 1 aliphatic heterocycles. The number of hydrogen-bond acceptors (Lipinski definition) is 5. The van der Waals surface area contributed by atoms with E-state index in [2.05, 4.69) is 15.2 Å². The van der Waals surface area contributed by atoms with Gasteiger partial charge in [-0.3, -0.25) is 0 Å². The second kappa shape index (κ2) is 4.58. The van der Waals surface area contributed by atoms with Crippen LogP contribution < -0.4 is 11.1 Å². The topological polar surface area (TPSA) is 91.5 Å². The Morgan fingerprint density at radius 1 is 1.71 bits per heavy atom. The number of pyridine rings is 1. The average Bonchev–Trinajstić information content (AvgIpc) is 2.67. The van der Waals surface area contributed by atoms with Gasteiger partial charge in [0.05, 0.1) is 11.3 Å². The number of aromatic nitrogens is 1. The zero-order chi connectivity index (χ0) is 12.4. The summed E-state index contributed by atoms with van der Waals surface area (Å²) in [6.45, 7) is 1.94. The fraction of sp³-hybridized carbons (Fsp3) is 0.455. The van der Waals surface area contributed by atoms with E-state index < -0.39 is 5.97 Å². The first-order chi connectivity index (χ1) is 8.08. The normalized spacial score (nSPS) is 20.4. The van der Waals surface area contributed by atoms with Gasteiger partial charge in [0.15, 0.2) is 0 Å². The Balaban J connectivity index is 2.16. The molecule has 1 saturated heterocycles. The van der Waals surface area contributed by atoms with Crippen LogP contribution in [0.3, 0.4) is 0 Å². The van der Waals surface area contributed by atoms with Crippen molar-refractivity contribution in [2.45, 2.75) is 12.5 Å². The lowest BCUT2D eigenvalue weighted by atomic mass is 10.2. The number of aromatic carboxylic acids is 1. The molecule has 0 aliphatic carbocycles. The summed E-state index contributed by atoms with van der Waals surface area (Å²) in [5, 5.41) is 12.1. The van der Waals surface area contributed by atoms with E-state index in [4.69, 9.17) is 10.8 Å². The molecule has 92 valence electrons. The highest BCUT2D eigenvalue weighted by molar-refractivity contribution is 5.96. The monoisotopic (exact) mass is 236 g/mol. The van der Waals surface area contributed by atoms with E-state index in [9.17, 15) is 4.79 Å². The van der Waals surface area contributed by atoms with Crippen LogP contribution in [0.5, 0.6) is 0 Å². The lowest BCUT2D eigenvalue weighted by Crippen LogP contribution is -2.24. The van der Waals surface area contributed by atoms with Gasteiger partial charge in [0, 0.05) is 18.8 Å². The molecular formula is C11H16N4O2. The summed E-state index contributed by atoms with van der Waals surface area (Å²) < 4.78 is 0. The van der Waals surface area contributed by atoms with Crippen LogP contribution in [0.4, 0.5) is 11.5 Å². The number of carboxylic acid groups (broad SMARTS) is 1. The van der Waals surface area contributed by atoms with E-state index in [1.165, 1.54) is 12.3 Å². The third kappa shape index (κ3) is 2.47. The predicted molar refractivity (Wildman–Crippen MR) is 65.1 cm³/mol. The molecule has 0 amide bonds. The van der Waals surface area contributed by atoms with E-state index in [-0.39, 0.29) is 17.3 Å². The van der Waals surface area contributed by atoms with Crippen molar-refractivity contribution < 1.29 is 9.90 Å². The average molecular weight is 236 g/mol. The number of hydrogen-bond donors (Lipinski definition) is 3. The molecule has 17 heavy (non-hydrogen) atoms. The SMILES string of the molecule is CN1CCC(Nc2nccc(C(=O)O)c2N)C1. The third-order valence-electron chi connectivity index (χ3n) is 2.95. The minimum absolute atomic E-state index is 0.0915. The maximum Gasteiger partial charge on any atom is 0.337 e. The minimum Gasteiger partial charge on any atom is -0.478 e. The first-order valence-electron chi connectivity index (χ1n) is 5.51. The number of carboxylic acids is 1. The van der Waals surface area contributed by atoms with Gasteiger partial charge in [-0.05, 0) is 26.1 Å². The molecule has 0 saturated carbocycles. The van der Waals surface area contributed by atoms with Gasteiger partial charge in [0.2, 0.25) is 0 Å². The van der Waals surface area contributed by atoms with E-state index in [0.717, 1.165) is 19.5 Å².